The van der Waals surface area contributed by atoms with E-state index >= 15 is 0 Å². The van der Waals surface area contributed by atoms with Gasteiger partial charge >= 0.3 is 0 Å². The van der Waals surface area contributed by atoms with Gasteiger partial charge in [-0.05, 0) is 24.6 Å². The fourth-order valence-corrected chi connectivity index (χ4v) is 3.34. The average molecular weight is 358 g/mol. The zero-order valence-corrected chi connectivity index (χ0v) is 15.0. The summed E-state index contributed by atoms with van der Waals surface area (Å²) in [5, 5.41) is 17.1. The van der Waals surface area contributed by atoms with Crippen molar-refractivity contribution in [3.63, 3.8) is 0 Å². The van der Waals surface area contributed by atoms with Gasteiger partial charge in [0, 0.05) is 5.56 Å². The summed E-state index contributed by atoms with van der Waals surface area (Å²) in [6, 6.07) is 17.9. The van der Waals surface area contributed by atoms with Crippen molar-refractivity contribution in [1.29, 1.82) is 5.26 Å². The van der Waals surface area contributed by atoms with E-state index in [2.05, 4.69) is 16.3 Å². The number of aromatic nitrogens is 2. The van der Waals surface area contributed by atoms with Crippen LogP contribution in [-0.4, -0.2) is 17.3 Å². The molecule has 134 valence electrons. The van der Waals surface area contributed by atoms with E-state index in [9.17, 15) is 5.26 Å². The standard InChI is InChI=1S/C21H18N4O2/c1-12-6-8-13(9-7-12)17-16(11-22)20(23)27-21-18(17)19(24-25-21)14-4-3-5-15(10-14)26-2/h3-10,17H,23H2,1-2H3,(H,24,25)/t17-/m1/s1. The van der Waals surface area contributed by atoms with Crippen molar-refractivity contribution in [2.45, 2.75) is 12.8 Å². The van der Waals surface area contributed by atoms with Gasteiger partial charge in [-0.15, -0.1) is 5.10 Å². The van der Waals surface area contributed by atoms with E-state index in [4.69, 9.17) is 15.2 Å². The van der Waals surface area contributed by atoms with Crippen LogP contribution in [0.1, 0.15) is 22.6 Å². The quantitative estimate of drug-likeness (QED) is 0.745. The van der Waals surface area contributed by atoms with Gasteiger partial charge in [-0.2, -0.15) is 5.26 Å². The maximum Gasteiger partial charge on any atom is 0.244 e. The first-order chi connectivity index (χ1) is 13.1. The van der Waals surface area contributed by atoms with Crippen molar-refractivity contribution in [1.82, 2.24) is 10.2 Å². The summed E-state index contributed by atoms with van der Waals surface area (Å²) < 4.78 is 11.0. The Bertz CT molecular complexity index is 1070. The van der Waals surface area contributed by atoms with Gasteiger partial charge in [0.15, 0.2) is 0 Å². The molecule has 0 amide bonds. The Morgan fingerprint density at radius 1 is 1.22 bits per heavy atom. The van der Waals surface area contributed by atoms with Crippen LogP contribution in [0, 0.1) is 18.3 Å². The molecule has 2 aromatic carbocycles. The molecule has 0 radical (unpaired) electrons. The molecule has 0 unspecified atom stereocenters. The van der Waals surface area contributed by atoms with Crippen molar-refractivity contribution in [2.75, 3.05) is 7.11 Å². The molecule has 0 saturated heterocycles. The number of hydrogen-bond donors (Lipinski definition) is 2. The van der Waals surface area contributed by atoms with Gasteiger partial charge < -0.3 is 15.2 Å². The van der Waals surface area contributed by atoms with E-state index in [0.717, 1.165) is 33.7 Å². The number of ether oxygens (including phenoxy) is 2. The first-order valence-corrected chi connectivity index (χ1v) is 8.49. The normalized spacial score (nSPS) is 15.7. The van der Waals surface area contributed by atoms with Crippen LogP contribution < -0.4 is 15.2 Å². The summed E-state index contributed by atoms with van der Waals surface area (Å²) in [6.07, 6.45) is 0. The lowest BCUT2D eigenvalue weighted by molar-refractivity contribution is 0.379. The number of fused-ring (bicyclic) bond motifs is 1. The minimum Gasteiger partial charge on any atom is -0.497 e. The molecule has 3 aromatic rings. The van der Waals surface area contributed by atoms with Gasteiger partial charge in [0.1, 0.15) is 17.4 Å². The molecular formula is C21H18N4O2. The van der Waals surface area contributed by atoms with Gasteiger partial charge in [0.25, 0.3) is 0 Å². The second kappa shape index (κ2) is 6.54. The summed E-state index contributed by atoms with van der Waals surface area (Å²) in [5.74, 6) is 0.837. The number of nitrogens with two attached hydrogens (primary N) is 1. The number of aromatic amines is 1. The third-order valence-corrected chi connectivity index (χ3v) is 4.71. The minimum absolute atomic E-state index is 0.0827. The Hall–Kier alpha value is -3.72. The van der Waals surface area contributed by atoms with Crippen molar-refractivity contribution >= 4 is 0 Å². The fraction of sp³-hybridized carbons (Fsp3) is 0.143. The lowest BCUT2D eigenvalue weighted by Gasteiger charge is -2.24. The number of H-pyrrole nitrogens is 1. The predicted octanol–water partition coefficient (Wildman–Crippen LogP) is 3.61. The smallest absolute Gasteiger partial charge is 0.244 e. The highest BCUT2D eigenvalue weighted by Crippen LogP contribution is 2.45. The number of aryl methyl sites for hydroxylation is 1. The van der Waals surface area contributed by atoms with E-state index in [0.29, 0.717) is 11.5 Å². The van der Waals surface area contributed by atoms with Gasteiger partial charge in [0.05, 0.1) is 24.3 Å². The number of nitrogens with one attached hydrogen (secondary N) is 1. The van der Waals surface area contributed by atoms with Gasteiger partial charge in [0.2, 0.25) is 11.8 Å². The molecule has 0 aliphatic carbocycles. The highest BCUT2D eigenvalue weighted by Gasteiger charge is 2.35. The van der Waals surface area contributed by atoms with E-state index in [-0.39, 0.29) is 11.8 Å². The summed E-state index contributed by atoms with van der Waals surface area (Å²) >= 11 is 0. The van der Waals surface area contributed by atoms with Crippen molar-refractivity contribution in [2.24, 2.45) is 5.73 Å². The van der Waals surface area contributed by atoms with Gasteiger partial charge in [-0.3, -0.25) is 5.10 Å². The molecule has 1 aliphatic rings. The van der Waals surface area contributed by atoms with Crippen LogP contribution in [-0.2, 0) is 0 Å². The molecule has 0 fully saturated rings. The molecule has 0 saturated carbocycles. The monoisotopic (exact) mass is 358 g/mol. The summed E-state index contributed by atoms with van der Waals surface area (Å²) in [4.78, 5) is 0. The predicted molar refractivity (Wildman–Crippen MR) is 101 cm³/mol. The second-order valence-electron chi connectivity index (χ2n) is 6.38. The molecule has 1 aromatic heterocycles. The fourth-order valence-electron chi connectivity index (χ4n) is 3.34. The highest BCUT2D eigenvalue weighted by atomic mass is 16.5. The van der Waals surface area contributed by atoms with Crippen LogP contribution in [0.2, 0.25) is 0 Å². The molecule has 4 rings (SSSR count). The molecule has 6 nitrogen and oxygen atoms in total. The largest absolute Gasteiger partial charge is 0.497 e. The van der Waals surface area contributed by atoms with E-state index in [1.54, 1.807) is 7.11 Å². The Morgan fingerprint density at radius 2 is 2.00 bits per heavy atom. The Balaban J connectivity index is 1.93. The van der Waals surface area contributed by atoms with Crippen LogP contribution in [0.15, 0.2) is 60.0 Å². The first-order valence-electron chi connectivity index (χ1n) is 8.49. The molecular weight excluding hydrogens is 340 g/mol. The average Bonchev–Trinajstić information content (AvgIpc) is 3.11. The number of hydrogen-bond acceptors (Lipinski definition) is 5. The molecule has 1 atom stereocenters. The summed E-state index contributed by atoms with van der Waals surface area (Å²) in [7, 11) is 1.62. The number of nitrogens with zero attached hydrogens (tertiary/aromatic N) is 2. The van der Waals surface area contributed by atoms with E-state index < -0.39 is 0 Å². The Kier molecular flexibility index (Phi) is 4.05. The summed E-state index contributed by atoms with van der Waals surface area (Å²) in [5.41, 5.74) is 10.9. The lowest BCUT2D eigenvalue weighted by atomic mass is 9.83. The topological polar surface area (TPSA) is 97.0 Å². The van der Waals surface area contributed by atoms with Crippen molar-refractivity contribution in [3.05, 3.63) is 76.7 Å². The lowest BCUT2D eigenvalue weighted by Crippen LogP contribution is -2.21. The van der Waals surface area contributed by atoms with E-state index in [1.807, 2.05) is 55.5 Å². The van der Waals surface area contributed by atoms with Gasteiger partial charge in [-0.1, -0.05) is 42.0 Å². The molecule has 0 bridgehead atoms. The Morgan fingerprint density at radius 3 is 2.70 bits per heavy atom. The zero-order chi connectivity index (χ0) is 19.0. The van der Waals surface area contributed by atoms with E-state index in [1.165, 1.54) is 0 Å². The number of benzene rings is 2. The number of allylic oxidation sites excluding steroid dienone is 1. The second-order valence-corrected chi connectivity index (χ2v) is 6.38. The van der Waals surface area contributed by atoms with Crippen molar-refractivity contribution in [3.8, 4) is 29.0 Å². The zero-order valence-electron chi connectivity index (χ0n) is 15.0. The molecule has 6 heteroatoms. The molecule has 3 N–H and O–H groups in total. The molecule has 1 aliphatic heterocycles. The maximum absolute atomic E-state index is 9.74. The minimum atomic E-state index is -0.362. The number of methoxy groups -OCH3 is 1. The Labute approximate surface area is 156 Å². The van der Waals surface area contributed by atoms with Crippen LogP contribution in [0.5, 0.6) is 11.6 Å². The van der Waals surface area contributed by atoms with Gasteiger partial charge in [-0.25, -0.2) is 0 Å². The summed E-state index contributed by atoms with van der Waals surface area (Å²) in [6.45, 7) is 2.02. The highest BCUT2D eigenvalue weighted by molar-refractivity contribution is 5.71. The maximum atomic E-state index is 9.74. The first kappa shape index (κ1) is 16.7. The van der Waals surface area contributed by atoms with Crippen molar-refractivity contribution < 1.29 is 9.47 Å². The van der Waals surface area contributed by atoms with Crippen LogP contribution >= 0.6 is 0 Å². The van der Waals surface area contributed by atoms with Crippen LogP contribution in [0.3, 0.4) is 0 Å². The van der Waals surface area contributed by atoms with Crippen LogP contribution in [0.4, 0.5) is 0 Å². The molecule has 27 heavy (non-hydrogen) atoms. The SMILES string of the molecule is COc1cccc(-c2[nH]nc3c2[C@H](c2ccc(C)cc2)C(C#N)=C(N)O3)c1. The number of rotatable bonds is 3. The third-order valence-electron chi connectivity index (χ3n) is 4.71. The molecule has 0 spiro atoms. The molecule has 2 heterocycles. The third kappa shape index (κ3) is 2.79. The number of nitriles is 1. The van der Waals surface area contributed by atoms with Crippen LogP contribution in [0.25, 0.3) is 11.3 Å².